The fourth-order valence-electron chi connectivity index (χ4n) is 2.73. The summed E-state index contributed by atoms with van der Waals surface area (Å²) in [7, 11) is -3.18. The quantitative estimate of drug-likeness (QED) is 0.784. The van der Waals surface area contributed by atoms with Gasteiger partial charge >= 0.3 is 0 Å². The number of nitrogens with one attached hydrogen (secondary N) is 2. The molecule has 0 heterocycles. The minimum atomic E-state index is -3.18. The molecule has 0 aromatic heterocycles. The van der Waals surface area contributed by atoms with Crippen LogP contribution in [0.3, 0.4) is 0 Å². The van der Waals surface area contributed by atoms with Crippen molar-refractivity contribution in [2.45, 2.75) is 70.2 Å². The first kappa shape index (κ1) is 15.3. The number of sulfonamides is 1. The third kappa shape index (κ3) is 4.43. The molecule has 0 aromatic rings. The summed E-state index contributed by atoms with van der Waals surface area (Å²) < 4.78 is 27.5. The predicted molar refractivity (Wildman–Crippen MR) is 78.5 cm³/mol. The van der Waals surface area contributed by atoms with Gasteiger partial charge in [-0.1, -0.05) is 13.8 Å². The lowest BCUT2D eigenvalue weighted by molar-refractivity contribution is 0.241. The van der Waals surface area contributed by atoms with Crippen molar-refractivity contribution in [1.29, 1.82) is 0 Å². The molecule has 0 aliphatic heterocycles. The van der Waals surface area contributed by atoms with E-state index in [0.717, 1.165) is 25.2 Å². The topological polar surface area (TPSA) is 58.2 Å². The van der Waals surface area contributed by atoms with Gasteiger partial charge in [-0.15, -0.1) is 0 Å². The zero-order valence-electron chi connectivity index (χ0n) is 12.4. The second kappa shape index (κ2) is 6.10. The highest BCUT2D eigenvalue weighted by atomic mass is 32.2. The molecule has 2 rings (SSSR count). The summed E-state index contributed by atoms with van der Waals surface area (Å²) in [5, 5.41) is 2.95. The van der Waals surface area contributed by atoms with Crippen LogP contribution in [0.4, 0.5) is 0 Å². The SMILES string of the molecule is CC1CCC(NS(=O)(=O)C(C)CNC2CC2)CC1C. The smallest absolute Gasteiger partial charge is 0.215 e. The first-order valence-corrected chi connectivity index (χ1v) is 9.17. The Kier molecular flexibility index (Phi) is 4.90. The molecule has 0 radical (unpaired) electrons. The highest BCUT2D eigenvalue weighted by Gasteiger charge is 2.30. The average molecular weight is 288 g/mol. The Bertz CT molecular complexity index is 392. The van der Waals surface area contributed by atoms with Crippen LogP contribution in [0, 0.1) is 11.8 Å². The van der Waals surface area contributed by atoms with Gasteiger partial charge in [-0.2, -0.15) is 0 Å². The molecule has 2 N–H and O–H groups in total. The molecule has 0 amide bonds. The summed E-state index contributed by atoms with van der Waals surface area (Å²) in [6, 6.07) is 0.702. The van der Waals surface area contributed by atoms with E-state index >= 15 is 0 Å². The van der Waals surface area contributed by atoms with Gasteiger partial charge in [0.1, 0.15) is 0 Å². The van der Waals surface area contributed by atoms with Crippen molar-refractivity contribution >= 4 is 10.0 Å². The largest absolute Gasteiger partial charge is 0.313 e. The maximum absolute atomic E-state index is 12.3. The molecule has 112 valence electrons. The number of hydrogen-bond acceptors (Lipinski definition) is 3. The lowest BCUT2D eigenvalue weighted by Gasteiger charge is -2.33. The predicted octanol–water partition coefficient (Wildman–Crippen LogP) is 1.87. The van der Waals surface area contributed by atoms with E-state index in [1.807, 2.05) is 0 Å². The van der Waals surface area contributed by atoms with Crippen LogP contribution in [-0.4, -0.2) is 32.3 Å². The van der Waals surface area contributed by atoms with Crippen LogP contribution in [0.15, 0.2) is 0 Å². The van der Waals surface area contributed by atoms with Crippen LogP contribution < -0.4 is 10.0 Å². The summed E-state index contributed by atoms with van der Waals surface area (Å²) >= 11 is 0. The second-order valence-electron chi connectivity index (χ2n) is 6.62. The fraction of sp³-hybridized carbons (Fsp3) is 1.00. The molecule has 2 aliphatic carbocycles. The van der Waals surface area contributed by atoms with E-state index in [4.69, 9.17) is 0 Å². The molecule has 4 unspecified atom stereocenters. The standard InChI is InChI=1S/C14H28N2O2S/c1-10-4-5-14(8-11(10)2)16-19(17,18)12(3)9-15-13-6-7-13/h10-16H,4-9H2,1-3H3. The van der Waals surface area contributed by atoms with Crippen molar-refractivity contribution in [2.75, 3.05) is 6.54 Å². The van der Waals surface area contributed by atoms with E-state index in [1.165, 1.54) is 12.8 Å². The Labute approximate surface area is 117 Å². The second-order valence-corrected chi connectivity index (χ2v) is 8.75. The molecule has 4 atom stereocenters. The molecule has 5 heteroatoms. The molecule has 4 nitrogen and oxygen atoms in total. The Morgan fingerprint density at radius 1 is 1.05 bits per heavy atom. The van der Waals surface area contributed by atoms with Crippen LogP contribution in [-0.2, 0) is 10.0 Å². The van der Waals surface area contributed by atoms with Crippen LogP contribution in [0.2, 0.25) is 0 Å². The first-order valence-electron chi connectivity index (χ1n) is 7.63. The summed E-state index contributed by atoms with van der Waals surface area (Å²) in [5.41, 5.74) is 0. The number of rotatable bonds is 6. The minimum Gasteiger partial charge on any atom is -0.313 e. The monoisotopic (exact) mass is 288 g/mol. The molecule has 0 saturated heterocycles. The molecule has 19 heavy (non-hydrogen) atoms. The zero-order chi connectivity index (χ0) is 14.0. The summed E-state index contributed by atoms with van der Waals surface area (Å²) in [5.74, 6) is 1.33. The van der Waals surface area contributed by atoms with Crippen molar-refractivity contribution in [3.63, 3.8) is 0 Å². The molecule has 0 spiro atoms. The van der Waals surface area contributed by atoms with Gasteiger partial charge in [0.25, 0.3) is 0 Å². The highest BCUT2D eigenvalue weighted by molar-refractivity contribution is 7.90. The maximum atomic E-state index is 12.3. The van der Waals surface area contributed by atoms with E-state index in [0.29, 0.717) is 18.5 Å². The molecule has 0 aromatic carbocycles. The Balaban J connectivity index is 1.81. The average Bonchev–Trinajstić information content (AvgIpc) is 3.14. The van der Waals surface area contributed by atoms with Gasteiger partial charge in [-0.05, 0) is 50.9 Å². The van der Waals surface area contributed by atoms with Gasteiger partial charge < -0.3 is 5.32 Å². The fourth-order valence-corrected chi connectivity index (χ4v) is 3.96. The zero-order valence-corrected chi connectivity index (χ0v) is 13.2. The van der Waals surface area contributed by atoms with E-state index in [9.17, 15) is 8.42 Å². The maximum Gasteiger partial charge on any atom is 0.215 e. The lowest BCUT2D eigenvalue weighted by atomic mass is 9.79. The van der Waals surface area contributed by atoms with E-state index in [-0.39, 0.29) is 11.3 Å². The Hall–Kier alpha value is -0.130. The van der Waals surface area contributed by atoms with Gasteiger partial charge in [-0.3, -0.25) is 0 Å². The van der Waals surface area contributed by atoms with Crippen molar-refractivity contribution in [1.82, 2.24) is 10.0 Å². The van der Waals surface area contributed by atoms with Crippen molar-refractivity contribution in [3.05, 3.63) is 0 Å². The van der Waals surface area contributed by atoms with Crippen LogP contribution in [0.5, 0.6) is 0 Å². The van der Waals surface area contributed by atoms with Gasteiger partial charge in [0, 0.05) is 18.6 Å². The molecular weight excluding hydrogens is 260 g/mol. The van der Waals surface area contributed by atoms with Crippen LogP contribution in [0.1, 0.15) is 52.9 Å². The van der Waals surface area contributed by atoms with E-state index in [2.05, 4.69) is 23.9 Å². The number of hydrogen-bond donors (Lipinski definition) is 2. The van der Waals surface area contributed by atoms with Crippen molar-refractivity contribution < 1.29 is 8.42 Å². The Morgan fingerprint density at radius 3 is 2.26 bits per heavy atom. The van der Waals surface area contributed by atoms with Gasteiger partial charge in [-0.25, -0.2) is 13.1 Å². The molecule has 2 aliphatic rings. The third-order valence-electron chi connectivity index (χ3n) is 4.73. The van der Waals surface area contributed by atoms with Crippen LogP contribution >= 0.6 is 0 Å². The van der Waals surface area contributed by atoms with Crippen molar-refractivity contribution in [2.24, 2.45) is 11.8 Å². The summed E-state index contributed by atoms with van der Waals surface area (Å²) in [6.45, 7) is 6.85. The molecular formula is C14H28N2O2S. The highest BCUT2D eigenvalue weighted by Crippen LogP contribution is 2.29. The summed E-state index contributed by atoms with van der Waals surface area (Å²) in [4.78, 5) is 0. The van der Waals surface area contributed by atoms with E-state index < -0.39 is 10.0 Å². The van der Waals surface area contributed by atoms with Gasteiger partial charge in [0.05, 0.1) is 5.25 Å². The normalized spacial score (nSPS) is 34.2. The van der Waals surface area contributed by atoms with E-state index in [1.54, 1.807) is 6.92 Å². The van der Waals surface area contributed by atoms with Crippen LogP contribution in [0.25, 0.3) is 0 Å². The first-order chi connectivity index (χ1) is 8.88. The molecule has 2 saturated carbocycles. The van der Waals surface area contributed by atoms with Gasteiger partial charge in [0.15, 0.2) is 0 Å². The lowest BCUT2D eigenvalue weighted by Crippen LogP contribution is -2.46. The Morgan fingerprint density at radius 2 is 1.68 bits per heavy atom. The molecule has 0 bridgehead atoms. The third-order valence-corrected chi connectivity index (χ3v) is 6.62. The summed E-state index contributed by atoms with van der Waals surface area (Å²) in [6.07, 6.45) is 5.47. The molecule has 2 fully saturated rings. The van der Waals surface area contributed by atoms with Crippen molar-refractivity contribution in [3.8, 4) is 0 Å². The van der Waals surface area contributed by atoms with Gasteiger partial charge in [0.2, 0.25) is 10.0 Å². The minimum absolute atomic E-state index is 0.138.